The van der Waals surface area contributed by atoms with Gasteiger partial charge >= 0.3 is 0 Å². The first-order valence-electron chi connectivity index (χ1n) is 39.8. The van der Waals surface area contributed by atoms with Gasteiger partial charge in [0.15, 0.2) is 11.6 Å². The average molecular weight is 1540 g/mol. The van der Waals surface area contributed by atoms with Crippen molar-refractivity contribution in [3.8, 4) is 135 Å². The summed E-state index contributed by atoms with van der Waals surface area (Å²) in [5.41, 5.74) is 25.3. The third kappa shape index (κ3) is 12.9. The normalized spacial score (nSPS) is 11.6. The maximum Gasteiger partial charge on any atom is 0.160 e. The number of nitrogens with zero attached hydrogens (tertiary/aromatic N) is 6. The lowest BCUT2D eigenvalue weighted by molar-refractivity contribution is 1.18. The molecule has 6 heterocycles. The molecule has 0 unspecified atom stereocenters. The Kier molecular flexibility index (Phi) is 17.5. The van der Waals surface area contributed by atoms with Crippen molar-refractivity contribution in [2.24, 2.45) is 0 Å². The molecule has 0 N–H and O–H groups in total. The van der Waals surface area contributed by atoms with Crippen LogP contribution < -0.4 is 0 Å². The van der Waals surface area contributed by atoms with Gasteiger partial charge in [-0.25, -0.2) is 29.9 Å². The molecule has 0 spiro atoms. The minimum absolute atomic E-state index is 0.705. The highest BCUT2D eigenvalue weighted by molar-refractivity contribution is 7.27. The highest BCUT2D eigenvalue weighted by Gasteiger charge is 2.22. The quantitative estimate of drug-likeness (QED) is 0.113. The van der Waals surface area contributed by atoms with E-state index in [1.807, 2.05) is 83.3 Å². The maximum atomic E-state index is 5.42. The van der Waals surface area contributed by atoms with Crippen LogP contribution in [0.1, 0.15) is 0 Å². The fraction of sp³-hybridized carbons (Fsp3) is 0. The van der Waals surface area contributed by atoms with Crippen molar-refractivity contribution in [1.82, 2.24) is 29.9 Å². The summed E-state index contributed by atoms with van der Waals surface area (Å²) in [6.45, 7) is 0. The van der Waals surface area contributed by atoms with E-state index >= 15 is 0 Å². The van der Waals surface area contributed by atoms with Gasteiger partial charge < -0.3 is 0 Å². The Bertz CT molecular complexity index is 7700. The van der Waals surface area contributed by atoms with Crippen molar-refractivity contribution in [3.63, 3.8) is 0 Å². The Hall–Kier alpha value is -15.1. The van der Waals surface area contributed by atoms with Crippen molar-refractivity contribution >= 4 is 117 Å². The molecule has 0 amide bonds. The van der Waals surface area contributed by atoms with Crippen molar-refractivity contribution in [1.29, 1.82) is 0 Å². The van der Waals surface area contributed by atoms with Crippen molar-refractivity contribution in [2.45, 2.75) is 0 Å². The summed E-state index contributed by atoms with van der Waals surface area (Å²) in [5, 5.41) is 15.1. The number of rotatable bonds is 12. The Balaban J connectivity index is 0.000000142. The second-order valence-electron chi connectivity index (χ2n) is 29.9. The number of pyridine rings is 2. The predicted octanol–water partition coefficient (Wildman–Crippen LogP) is 30.2. The summed E-state index contributed by atoms with van der Waals surface area (Å²) in [7, 11) is 0. The average Bonchev–Trinajstić information content (AvgIpc) is 1.48. The SMILES string of the molecule is c1ccc(-c2cc(-c3ccc(-c4nc5ccc(-c6ccc7c8ccccc8c8ccccc8c7c6)cc5c5c4sc4ccccc45)cc3)nc(-c3ccccc3)n2)cc1.c1ccc(-c2ccc(-c3cc(-c4ccc(-c5ccc(-c6nc7cc(-c8ccccc8)ccc7c7c6sc6ccccc67)cc5)cc4)nc(-c4ccccc4)n3)cc2)cc1. The van der Waals surface area contributed by atoms with Gasteiger partial charge in [0.25, 0.3) is 0 Å². The Morgan fingerprint density at radius 1 is 0.153 bits per heavy atom. The number of hydrogen-bond donors (Lipinski definition) is 0. The summed E-state index contributed by atoms with van der Waals surface area (Å²) < 4.78 is 4.94. The standard InChI is InChI=1S/C55H33N3S.C55H35N3S/c1-3-13-34(14-4-1)49-33-50(58-55(57-49)37-15-5-2-6-16-37)35-23-25-36(26-24-35)53-54-52(45-21-11-12-22-51(45)59-54)47-32-39(28-30-48(47)56-53)38-27-29-44-42-19-8-7-17-40(42)41-18-9-10-20-43(41)46(44)31-38;1-4-12-36(13-5-1)38-20-26-41(27-21-38)48-35-49(58-55(57-48)44-16-8-3-9-17-44)42-28-22-39(23-29-42)40-24-30-43(31-25-40)53-54-52(47-18-10-11-19-51(47)59-54)46-33-32-45(34-50(46)56-53)37-14-6-2-7-15-37/h1-33H;1-35H. The van der Waals surface area contributed by atoms with E-state index in [-0.39, 0.29) is 0 Å². The molecule has 6 aromatic heterocycles. The van der Waals surface area contributed by atoms with E-state index in [4.69, 9.17) is 29.9 Å². The first-order chi connectivity index (χ1) is 58.4. The number of thiophene rings is 2. The third-order valence-electron chi connectivity index (χ3n) is 22.8. The number of fused-ring (bicyclic) bond motifs is 16. The van der Waals surface area contributed by atoms with Crippen LogP contribution in [0.15, 0.2) is 413 Å². The zero-order valence-electron chi connectivity index (χ0n) is 63.8. The zero-order chi connectivity index (χ0) is 78.0. The lowest BCUT2D eigenvalue weighted by Gasteiger charge is -2.13. The molecule has 0 saturated carbocycles. The number of hydrogen-bond acceptors (Lipinski definition) is 8. The van der Waals surface area contributed by atoms with Crippen molar-refractivity contribution < 1.29 is 0 Å². The van der Waals surface area contributed by atoms with Crippen LogP contribution in [0.4, 0.5) is 0 Å². The van der Waals surface area contributed by atoms with E-state index in [0.717, 1.165) is 101 Å². The summed E-state index contributed by atoms with van der Waals surface area (Å²) >= 11 is 3.64. The van der Waals surface area contributed by atoms with Gasteiger partial charge in [0.05, 0.1) is 54.6 Å². The lowest BCUT2D eigenvalue weighted by atomic mass is 9.91. The molecule has 17 aromatic carbocycles. The van der Waals surface area contributed by atoms with Gasteiger partial charge in [-0.1, -0.05) is 364 Å². The summed E-state index contributed by atoms with van der Waals surface area (Å²) in [6, 6.07) is 146. The molecule has 0 bridgehead atoms. The van der Waals surface area contributed by atoms with Crippen LogP contribution in [0, 0.1) is 0 Å². The van der Waals surface area contributed by atoms with Gasteiger partial charge in [-0.05, 0) is 125 Å². The molecule has 0 aliphatic carbocycles. The summed E-state index contributed by atoms with van der Waals surface area (Å²) in [4.78, 5) is 31.0. The highest BCUT2D eigenvalue weighted by atomic mass is 32.1. The van der Waals surface area contributed by atoms with Gasteiger partial charge in [0.1, 0.15) is 0 Å². The molecule has 0 aliphatic rings. The van der Waals surface area contributed by atoms with Crippen LogP contribution in [0.3, 0.4) is 0 Å². The first kappa shape index (κ1) is 69.6. The molecule has 0 atom stereocenters. The second-order valence-corrected chi connectivity index (χ2v) is 32.0. The maximum absolute atomic E-state index is 5.42. The van der Waals surface area contributed by atoms with Gasteiger partial charge in [0, 0.05) is 86.2 Å². The van der Waals surface area contributed by atoms with Crippen LogP contribution >= 0.6 is 22.7 Å². The molecule has 23 rings (SSSR count). The summed E-state index contributed by atoms with van der Waals surface area (Å²) in [5.74, 6) is 1.41. The largest absolute Gasteiger partial charge is 0.246 e. The second kappa shape index (κ2) is 29.7. The highest BCUT2D eigenvalue weighted by Crippen LogP contribution is 2.48. The van der Waals surface area contributed by atoms with Gasteiger partial charge in [-0.15, -0.1) is 22.7 Å². The topological polar surface area (TPSA) is 77.3 Å². The van der Waals surface area contributed by atoms with Gasteiger partial charge in [0.2, 0.25) is 0 Å². The van der Waals surface area contributed by atoms with Crippen molar-refractivity contribution in [2.75, 3.05) is 0 Å². The van der Waals surface area contributed by atoms with Crippen LogP contribution in [0.2, 0.25) is 0 Å². The van der Waals surface area contributed by atoms with Crippen LogP contribution in [-0.4, -0.2) is 29.9 Å². The predicted molar refractivity (Wildman–Crippen MR) is 498 cm³/mol. The van der Waals surface area contributed by atoms with E-state index in [0.29, 0.717) is 11.6 Å². The molecule has 0 radical (unpaired) electrons. The molecule has 0 aliphatic heterocycles. The lowest BCUT2D eigenvalue weighted by Crippen LogP contribution is -1.96. The zero-order valence-corrected chi connectivity index (χ0v) is 65.4. The van der Waals surface area contributed by atoms with Crippen LogP contribution in [0.5, 0.6) is 0 Å². The van der Waals surface area contributed by atoms with Crippen LogP contribution in [0.25, 0.3) is 229 Å². The molecule has 0 fully saturated rings. The first-order valence-corrected chi connectivity index (χ1v) is 41.4. The molecule has 118 heavy (non-hydrogen) atoms. The molecular formula is C110H68N6S2. The van der Waals surface area contributed by atoms with E-state index in [2.05, 4.69) is 352 Å². The Morgan fingerprint density at radius 3 is 0.856 bits per heavy atom. The fourth-order valence-electron chi connectivity index (χ4n) is 16.9. The molecule has 8 heteroatoms. The number of benzene rings is 17. The van der Waals surface area contributed by atoms with Gasteiger partial charge in [-0.3, -0.25) is 0 Å². The minimum atomic E-state index is 0.705. The van der Waals surface area contributed by atoms with Crippen LogP contribution in [-0.2, 0) is 0 Å². The minimum Gasteiger partial charge on any atom is -0.246 e. The van der Waals surface area contributed by atoms with Crippen molar-refractivity contribution in [3.05, 3.63) is 413 Å². The van der Waals surface area contributed by atoms with E-state index < -0.39 is 0 Å². The van der Waals surface area contributed by atoms with E-state index in [9.17, 15) is 0 Å². The number of aromatic nitrogens is 6. The summed E-state index contributed by atoms with van der Waals surface area (Å²) in [6.07, 6.45) is 0. The molecular weight excluding hydrogens is 1470 g/mol. The monoisotopic (exact) mass is 1540 g/mol. The molecule has 23 aromatic rings. The van der Waals surface area contributed by atoms with E-state index in [1.54, 1.807) is 0 Å². The third-order valence-corrected chi connectivity index (χ3v) is 25.2. The Labute approximate surface area is 689 Å². The fourth-order valence-corrected chi connectivity index (χ4v) is 19.3. The molecule has 6 nitrogen and oxygen atoms in total. The molecule has 0 saturated heterocycles. The Morgan fingerprint density at radius 2 is 0.424 bits per heavy atom. The molecule has 550 valence electrons. The smallest absolute Gasteiger partial charge is 0.160 e. The van der Waals surface area contributed by atoms with E-state index in [1.165, 1.54) is 117 Å². The van der Waals surface area contributed by atoms with Gasteiger partial charge in [-0.2, -0.15) is 0 Å².